The fourth-order valence-electron chi connectivity index (χ4n) is 3.46. The Hall–Kier alpha value is -1.46. The number of carbonyl (C=O) groups is 1. The summed E-state index contributed by atoms with van der Waals surface area (Å²) in [5, 5.41) is 6.24. The van der Waals surface area contributed by atoms with Crippen molar-refractivity contribution < 1.29 is 9.53 Å². The molecule has 2 fully saturated rings. The Labute approximate surface area is 177 Å². The maximum absolute atomic E-state index is 12.0. The molecular formula is C18H29IN6O2. The molecule has 1 amide bonds. The molecule has 2 aliphatic heterocycles. The Balaban J connectivity index is 0.00000261. The van der Waals surface area contributed by atoms with E-state index in [9.17, 15) is 4.79 Å². The molecule has 0 spiro atoms. The minimum Gasteiger partial charge on any atom is -0.379 e. The lowest BCUT2D eigenvalue weighted by molar-refractivity contribution is 0.0195. The molecule has 2 N–H and O–H groups in total. The molecular weight excluding hydrogens is 459 g/mol. The van der Waals surface area contributed by atoms with Crippen LogP contribution in [0.1, 0.15) is 16.8 Å². The van der Waals surface area contributed by atoms with Gasteiger partial charge in [0.15, 0.2) is 5.96 Å². The minimum absolute atomic E-state index is 0. The van der Waals surface area contributed by atoms with Crippen LogP contribution in [0.3, 0.4) is 0 Å². The molecule has 1 aromatic heterocycles. The van der Waals surface area contributed by atoms with Gasteiger partial charge >= 0.3 is 0 Å². The largest absolute Gasteiger partial charge is 0.379 e. The molecule has 2 saturated heterocycles. The van der Waals surface area contributed by atoms with Crippen LogP contribution in [0.5, 0.6) is 0 Å². The zero-order chi connectivity index (χ0) is 18.2. The van der Waals surface area contributed by atoms with Crippen molar-refractivity contribution in [2.75, 3.05) is 59.5 Å². The first kappa shape index (κ1) is 21.8. The highest BCUT2D eigenvalue weighted by molar-refractivity contribution is 14.0. The van der Waals surface area contributed by atoms with E-state index in [2.05, 4.69) is 30.4 Å². The van der Waals surface area contributed by atoms with E-state index in [4.69, 9.17) is 4.74 Å². The summed E-state index contributed by atoms with van der Waals surface area (Å²) < 4.78 is 5.44. The standard InChI is InChI=1S/C18H28N6O2.HI/c1-19-18(22-7-6-21-17(25)15-3-2-5-20-13-15)24-8-4-16(14-24)23-9-11-26-12-10-23;/h2-3,5,13,16H,4,6-12,14H2,1H3,(H,19,22)(H,21,25);1H. The fourth-order valence-corrected chi connectivity index (χ4v) is 3.46. The number of morpholine rings is 1. The molecule has 3 heterocycles. The van der Waals surface area contributed by atoms with Crippen LogP contribution in [0.2, 0.25) is 0 Å². The van der Waals surface area contributed by atoms with Gasteiger partial charge in [-0.15, -0.1) is 24.0 Å². The molecule has 9 heteroatoms. The van der Waals surface area contributed by atoms with E-state index in [0.717, 1.165) is 51.8 Å². The second-order valence-electron chi connectivity index (χ2n) is 6.51. The van der Waals surface area contributed by atoms with Crippen LogP contribution in [-0.4, -0.2) is 92.2 Å². The normalized spacial score (nSPS) is 20.9. The number of guanidine groups is 1. The predicted molar refractivity (Wildman–Crippen MR) is 116 cm³/mol. The van der Waals surface area contributed by atoms with Gasteiger partial charge in [-0.3, -0.25) is 19.7 Å². The Kier molecular flexibility index (Phi) is 9.22. The lowest BCUT2D eigenvalue weighted by Crippen LogP contribution is -2.47. The number of ether oxygens (including phenoxy) is 1. The predicted octanol–water partition coefficient (Wildman–Crippen LogP) is 0.411. The van der Waals surface area contributed by atoms with E-state index in [-0.39, 0.29) is 29.9 Å². The summed E-state index contributed by atoms with van der Waals surface area (Å²) in [7, 11) is 1.80. The molecule has 8 nitrogen and oxygen atoms in total. The smallest absolute Gasteiger partial charge is 0.252 e. The summed E-state index contributed by atoms with van der Waals surface area (Å²) in [6.45, 7) is 6.87. The number of nitrogens with zero attached hydrogens (tertiary/aromatic N) is 4. The van der Waals surface area contributed by atoms with E-state index in [1.54, 1.807) is 31.6 Å². The van der Waals surface area contributed by atoms with Crippen LogP contribution >= 0.6 is 24.0 Å². The Morgan fingerprint density at radius 1 is 1.30 bits per heavy atom. The third-order valence-electron chi connectivity index (χ3n) is 4.85. The Bertz CT molecular complexity index is 609. The Morgan fingerprint density at radius 2 is 2.07 bits per heavy atom. The summed E-state index contributed by atoms with van der Waals surface area (Å²) in [4.78, 5) is 25.2. The molecule has 0 bridgehead atoms. The molecule has 0 radical (unpaired) electrons. The van der Waals surface area contributed by atoms with Crippen molar-refractivity contribution in [3.8, 4) is 0 Å². The molecule has 0 saturated carbocycles. The van der Waals surface area contributed by atoms with E-state index >= 15 is 0 Å². The summed E-state index contributed by atoms with van der Waals surface area (Å²) in [5.41, 5.74) is 0.574. The van der Waals surface area contributed by atoms with Gasteiger partial charge < -0.3 is 20.3 Å². The zero-order valence-electron chi connectivity index (χ0n) is 15.8. The molecule has 0 aliphatic carbocycles. The maximum atomic E-state index is 12.0. The van der Waals surface area contributed by atoms with Gasteiger partial charge in [-0.2, -0.15) is 0 Å². The van der Waals surface area contributed by atoms with Crippen molar-refractivity contribution in [1.82, 2.24) is 25.4 Å². The van der Waals surface area contributed by atoms with Crippen molar-refractivity contribution in [3.05, 3.63) is 30.1 Å². The molecule has 27 heavy (non-hydrogen) atoms. The van der Waals surface area contributed by atoms with Crippen LogP contribution in [-0.2, 0) is 4.74 Å². The average Bonchev–Trinajstić information content (AvgIpc) is 3.19. The van der Waals surface area contributed by atoms with E-state index in [1.165, 1.54) is 0 Å². The number of aliphatic imine (C=N–C) groups is 1. The number of carbonyl (C=O) groups excluding carboxylic acids is 1. The van der Waals surface area contributed by atoms with Crippen LogP contribution in [0.25, 0.3) is 0 Å². The lowest BCUT2D eigenvalue weighted by Gasteiger charge is -2.32. The maximum Gasteiger partial charge on any atom is 0.252 e. The van der Waals surface area contributed by atoms with E-state index < -0.39 is 0 Å². The van der Waals surface area contributed by atoms with E-state index in [0.29, 0.717) is 24.7 Å². The zero-order valence-corrected chi connectivity index (χ0v) is 18.1. The number of amides is 1. The average molecular weight is 488 g/mol. The first-order chi connectivity index (χ1) is 12.8. The second kappa shape index (κ2) is 11.4. The third-order valence-corrected chi connectivity index (χ3v) is 4.85. The molecule has 2 aliphatic rings. The van der Waals surface area contributed by atoms with Crippen molar-refractivity contribution in [2.45, 2.75) is 12.5 Å². The van der Waals surface area contributed by atoms with Gasteiger partial charge in [-0.05, 0) is 18.6 Å². The number of halogens is 1. The van der Waals surface area contributed by atoms with Crippen molar-refractivity contribution in [2.24, 2.45) is 4.99 Å². The summed E-state index contributed by atoms with van der Waals surface area (Å²) >= 11 is 0. The van der Waals surface area contributed by atoms with Crippen molar-refractivity contribution in [3.63, 3.8) is 0 Å². The quantitative estimate of drug-likeness (QED) is 0.271. The molecule has 1 unspecified atom stereocenters. The van der Waals surface area contributed by atoms with Crippen LogP contribution in [0, 0.1) is 0 Å². The number of likely N-dealkylation sites (tertiary alicyclic amines) is 1. The SMILES string of the molecule is CN=C(NCCNC(=O)c1cccnc1)N1CCC(N2CCOCC2)C1.I. The topological polar surface area (TPSA) is 82.1 Å². The number of nitrogens with one attached hydrogen (secondary N) is 2. The van der Waals surface area contributed by atoms with Crippen LogP contribution in [0.4, 0.5) is 0 Å². The second-order valence-corrected chi connectivity index (χ2v) is 6.51. The Morgan fingerprint density at radius 3 is 2.78 bits per heavy atom. The summed E-state index contributed by atoms with van der Waals surface area (Å²) in [6, 6.07) is 4.08. The summed E-state index contributed by atoms with van der Waals surface area (Å²) in [6.07, 6.45) is 4.37. The monoisotopic (exact) mass is 488 g/mol. The molecule has 150 valence electrons. The minimum atomic E-state index is -0.108. The van der Waals surface area contributed by atoms with Gasteiger partial charge in [-0.25, -0.2) is 0 Å². The number of pyridine rings is 1. The number of hydrogen-bond donors (Lipinski definition) is 2. The van der Waals surface area contributed by atoms with Gasteiger partial charge in [0.2, 0.25) is 0 Å². The van der Waals surface area contributed by atoms with Crippen LogP contribution in [0.15, 0.2) is 29.5 Å². The lowest BCUT2D eigenvalue weighted by atomic mass is 10.2. The fraction of sp³-hybridized carbons (Fsp3) is 0.611. The number of rotatable bonds is 5. The van der Waals surface area contributed by atoms with Crippen molar-refractivity contribution in [1.29, 1.82) is 0 Å². The highest BCUT2D eigenvalue weighted by Crippen LogP contribution is 2.16. The molecule has 1 aromatic rings. The highest BCUT2D eigenvalue weighted by atomic mass is 127. The van der Waals surface area contributed by atoms with Gasteiger partial charge in [0.1, 0.15) is 0 Å². The summed E-state index contributed by atoms with van der Waals surface area (Å²) in [5.74, 6) is 0.792. The molecule has 3 rings (SSSR count). The van der Waals surface area contributed by atoms with Gasteiger partial charge in [0.25, 0.3) is 5.91 Å². The van der Waals surface area contributed by atoms with Gasteiger partial charge in [0.05, 0.1) is 18.8 Å². The first-order valence-electron chi connectivity index (χ1n) is 9.23. The van der Waals surface area contributed by atoms with Gasteiger partial charge in [0, 0.05) is 64.8 Å². The highest BCUT2D eigenvalue weighted by Gasteiger charge is 2.30. The number of aromatic nitrogens is 1. The first-order valence-corrected chi connectivity index (χ1v) is 9.23. The van der Waals surface area contributed by atoms with Crippen molar-refractivity contribution >= 4 is 35.8 Å². The molecule has 1 atom stereocenters. The molecule has 0 aromatic carbocycles. The van der Waals surface area contributed by atoms with Gasteiger partial charge in [-0.1, -0.05) is 0 Å². The van der Waals surface area contributed by atoms with E-state index in [1.807, 2.05) is 0 Å². The third kappa shape index (κ3) is 6.28. The number of hydrogen-bond acceptors (Lipinski definition) is 5. The van der Waals surface area contributed by atoms with Crippen LogP contribution < -0.4 is 10.6 Å².